The molecule has 118 valence electrons. The molecule has 2 N–H and O–H groups in total. The molecule has 0 aliphatic heterocycles. The summed E-state index contributed by atoms with van der Waals surface area (Å²) >= 11 is 1.31. The van der Waals surface area contributed by atoms with E-state index >= 15 is 0 Å². The van der Waals surface area contributed by atoms with Gasteiger partial charge >= 0.3 is 5.69 Å². The molecule has 7 heteroatoms. The van der Waals surface area contributed by atoms with Crippen molar-refractivity contribution in [2.45, 2.75) is 63.7 Å². The van der Waals surface area contributed by atoms with Crippen molar-refractivity contribution in [3.8, 4) is 0 Å². The minimum atomic E-state index is -0.208. The smallest absolute Gasteiger partial charge is 0.343 e. The molecule has 6 nitrogen and oxygen atoms in total. The van der Waals surface area contributed by atoms with E-state index in [0.717, 1.165) is 12.8 Å². The zero-order chi connectivity index (χ0) is 15.2. The number of carbonyl (C=O) groups is 1. The fourth-order valence-corrected chi connectivity index (χ4v) is 3.53. The van der Waals surface area contributed by atoms with Gasteiger partial charge in [-0.1, -0.05) is 38.5 Å². The second kappa shape index (κ2) is 7.68. The van der Waals surface area contributed by atoms with Crippen molar-refractivity contribution < 1.29 is 4.79 Å². The Labute approximate surface area is 129 Å². The van der Waals surface area contributed by atoms with E-state index in [2.05, 4.69) is 22.4 Å². The van der Waals surface area contributed by atoms with Gasteiger partial charge in [-0.3, -0.25) is 9.36 Å². The SMILES string of the molecule is CCCn1c(SCC(=O)N[C@@H]2CCCC[C@@H]2C)n[nH]c1=O. The van der Waals surface area contributed by atoms with Crippen LogP contribution in [0.4, 0.5) is 0 Å². The predicted octanol–water partition coefficient (Wildman–Crippen LogP) is 1.77. The quantitative estimate of drug-likeness (QED) is 0.785. The van der Waals surface area contributed by atoms with Crippen LogP contribution in [-0.2, 0) is 11.3 Å². The molecule has 1 fully saturated rings. The maximum absolute atomic E-state index is 12.0. The van der Waals surface area contributed by atoms with Crippen molar-refractivity contribution in [3.63, 3.8) is 0 Å². The molecule has 0 aromatic carbocycles. The lowest BCUT2D eigenvalue weighted by Gasteiger charge is -2.29. The lowest BCUT2D eigenvalue weighted by Crippen LogP contribution is -2.41. The Kier molecular flexibility index (Phi) is 5.90. The standard InChI is InChI=1S/C14H24N4O2S/c1-3-8-18-13(20)16-17-14(18)21-9-12(19)15-11-7-5-4-6-10(11)2/h10-11H,3-9H2,1-2H3,(H,15,19)(H,16,20)/t10-,11+/m0/s1. The molecule has 1 aliphatic rings. The molecule has 2 rings (SSSR count). The first-order chi connectivity index (χ1) is 10.1. The summed E-state index contributed by atoms with van der Waals surface area (Å²) in [6, 6.07) is 0.295. The third kappa shape index (κ3) is 4.36. The van der Waals surface area contributed by atoms with Crippen LogP contribution in [0.1, 0.15) is 46.0 Å². The molecule has 1 aliphatic carbocycles. The Morgan fingerprint density at radius 3 is 2.95 bits per heavy atom. The van der Waals surface area contributed by atoms with Crippen molar-refractivity contribution in [2.24, 2.45) is 5.92 Å². The summed E-state index contributed by atoms with van der Waals surface area (Å²) in [7, 11) is 0. The van der Waals surface area contributed by atoms with Gasteiger partial charge in [0.2, 0.25) is 5.91 Å². The highest BCUT2D eigenvalue weighted by atomic mass is 32.2. The fraction of sp³-hybridized carbons (Fsp3) is 0.786. The van der Waals surface area contributed by atoms with Crippen molar-refractivity contribution in [2.75, 3.05) is 5.75 Å². The van der Waals surface area contributed by atoms with E-state index in [1.54, 1.807) is 4.57 Å². The highest BCUT2D eigenvalue weighted by molar-refractivity contribution is 7.99. The van der Waals surface area contributed by atoms with E-state index in [0.29, 0.717) is 29.4 Å². The minimum Gasteiger partial charge on any atom is -0.352 e. The Balaban J connectivity index is 1.85. The second-order valence-corrected chi connectivity index (χ2v) is 6.63. The number of rotatable bonds is 6. The van der Waals surface area contributed by atoms with Gasteiger partial charge in [0.1, 0.15) is 0 Å². The van der Waals surface area contributed by atoms with E-state index < -0.39 is 0 Å². The molecule has 0 unspecified atom stereocenters. The van der Waals surface area contributed by atoms with Crippen LogP contribution in [0.3, 0.4) is 0 Å². The molecule has 1 aromatic heterocycles. The van der Waals surface area contributed by atoms with Gasteiger partial charge in [0.15, 0.2) is 5.16 Å². The summed E-state index contributed by atoms with van der Waals surface area (Å²) in [5.74, 6) is 0.880. The van der Waals surface area contributed by atoms with Gasteiger partial charge in [0.25, 0.3) is 0 Å². The van der Waals surface area contributed by atoms with E-state index in [1.807, 2.05) is 6.92 Å². The van der Waals surface area contributed by atoms with Gasteiger partial charge in [-0.25, -0.2) is 9.89 Å². The van der Waals surface area contributed by atoms with Crippen LogP contribution in [0, 0.1) is 5.92 Å². The third-order valence-electron chi connectivity index (χ3n) is 3.96. The number of hydrogen-bond acceptors (Lipinski definition) is 4. The van der Waals surface area contributed by atoms with Crippen LogP contribution in [0.15, 0.2) is 9.95 Å². The van der Waals surface area contributed by atoms with E-state index in [1.165, 1.54) is 31.0 Å². The lowest BCUT2D eigenvalue weighted by molar-refractivity contribution is -0.119. The Morgan fingerprint density at radius 1 is 1.48 bits per heavy atom. The van der Waals surface area contributed by atoms with Crippen molar-refractivity contribution in [1.29, 1.82) is 0 Å². The first kappa shape index (κ1) is 16.1. The average molecular weight is 312 g/mol. The summed E-state index contributed by atoms with van der Waals surface area (Å²) in [6.45, 7) is 4.83. The van der Waals surface area contributed by atoms with Crippen molar-refractivity contribution in [1.82, 2.24) is 20.1 Å². The van der Waals surface area contributed by atoms with E-state index in [9.17, 15) is 9.59 Å². The van der Waals surface area contributed by atoms with Gasteiger partial charge in [0, 0.05) is 12.6 Å². The first-order valence-electron chi connectivity index (χ1n) is 7.69. The Bertz CT molecular complexity index is 525. The maximum atomic E-state index is 12.0. The molecule has 2 atom stereocenters. The second-order valence-electron chi connectivity index (χ2n) is 5.69. The largest absolute Gasteiger partial charge is 0.352 e. The number of thioether (sulfide) groups is 1. The van der Waals surface area contributed by atoms with Crippen LogP contribution >= 0.6 is 11.8 Å². The number of aromatic amines is 1. The monoisotopic (exact) mass is 312 g/mol. The van der Waals surface area contributed by atoms with Crippen molar-refractivity contribution in [3.05, 3.63) is 10.5 Å². The lowest BCUT2D eigenvalue weighted by atomic mass is 9.86. The number of amides is 1. The van der Waals surface area contributed by atoms with E-state index in [-0.39, 0.29) is 11.6 Å². The van der Waals surface area contributed by atoms with Gasteiger partial charge in [-0.05, 0) is 25.2 Å². The van der Waals surface area contributed by atoms with Gasteiger partial charge in [-0.2, -0.15) is 0 Å². The summed E-state index contributed by atoms with van der Waals surface area (Å²) in [4.78, 5) is 23.6. The average Bonchev–Trinajstić information content (AvgIpc) is 2.81. The molecule has 1 amide bonds. The predicted molar refractivity (Wildman–Crippen MR) is 83.4 cm³/mol. The molecule has 0 spiro atoms. The zero-order valence-electron chi connectivity index (χ0n) is 12.7. The molecule has 1 aromatic rings. The number of hydrogen-bond donors (Lipinski definition) is 2. The number of carbonyl (C=O) groups excluding carboxylic acids is 1. The molecular weight excluding hydrogens is 288 g/mol. The van der Waals surface area contributed by atoms with Crippen LogP contribution in [-0.4, -0.2) is 32.5 Å². The first-order valence-corrected chi connectivity index (χ1v) is 8.67. The molecule has 0 radical (unpaired) electrons. The van der Waals surface area contributed by atoms with Gasteiger partial charge in [-0.15, -0.1) is 5.10 Å². The molecule has 0 bridgehead atoms. The summed E-state index contributed by atoms with van der Waals surface area (Å²) in [5.41, 5.74) is -0.208. The van der Waals surface area contributed by atoms with Crippen molar-refractivity contribution >= 4 is 17.7 Å². The molecular formula is C14H24N4O2S. The number of nitrogens with one attached hydrogen (secondary N) is 2. The fourth-order valence-electron chi connectivity index (χ4n) is 2.74. The Hall–Kier alpha value is -1.24. The Morgan fingerprint density at radius 2 is 2.24 bits per heavy atom. The molecule has 1 heterocycles. The molecule has 21 heavy (non-hydrogen) atoms. The summed E-state index contributed by atoms with van der Waals surface area (Å²) < 4.78 is 1.58. The third-order valence-corrected chi connectivity index (χ3v) is 4.94. The van der Waals surface area contributed by atoms with Crippen LogP contribution < -0.4 is 11.0 Å². The highest BCUT2D eigenvalue weighted by Crippen LogP contribution is 2.24. The van der Waals surface area contributed by atoms with E-state index in [4.69, 9.17) is 0 Å². The maximum Gasteiger partial charge on any atom is 0.343 e. The van der Waals surface area contributed by atoms with Gasteiger partial charge in [0.05, 0.1) is 5.75 Å². The summed E-state index contributed by atoms with van der Waals surface area (Å²) in [6.07, 6.45) is 5.57. The van der Waals surface area contributed by atoms with Crippen LogP contribution in [0.25, 0.3) is 0 Å². The molecule has 0 saturated heterocycles. The number of aromatic nitrogens is 3. The minimum absolute atomic E-state index is 0.0252. The number of H-pyrrole nitrogens is 1. The van der Waals surface area contributed by atoms with Crippen LogP contribution in [0.5, 0.6) is 0 Å². The molecule has 1 saturated carbocycles. The highest BCUT2D eigenvalue weighted by Gasteiger charge is 2.23. The normalized spacial score (nSPS) is 22.2. The van der Waals surface area contributed by atoms with Gasteiger partial charge < -0.3 is 5.32 Å². The topological polar surface area (TPSA) is 79.8 Å². The van der Waals surface area contributed by atoms with Crippen LogP contribution in [0.2, 0.25) is 0 Å². The zero-order valence-corrected chi connectivity index (χ0v) is 13.5. The number of nitrogens with zero attached hydrogens (tertiary/aromatic N) is 2. The summed E-state index contributed by atoms with van der Waals surface area (Å²) in [5, 5.41) is 10.1.